The number of hydrogen-bond donors (Lipinski definition) is 0. The van der Waals surface area contributed by atoms with E-state index >= 15 is 0 Å². The van der Waals surface area contributed by atoms with E-state index in [1.54, 1.807) is 0 Å². The highest BCUT2D eigenvalue weighted by Gasteiger charge is 2.18. The lowest BCUT2D eigenvalue weighted by molar-refractivity contribution is 0.312. The summed E-state index contributed by atoms with van der Waals surface area (Å²) in [5.74, 6) is 1.11. The summed E-state index contributed by atoms with van der Waals surface area (Å²) in [6, 6.07) is 6.23. The summed E-state index contributed by atoms with van der Waals surface area (Å²) in [7, 11) is 2.17. The molecule has 2 aromatic rings. The van der Waals surface area contributed by atoms with Crippen molar-refractivity contribution in [3.8, 4) is 0 Å². The van der Waals surface area contributed by atoms with Crippen LogP contribution in [0.25, 0.3) is 10.9 Å². The first-order chi connectivity index (χ1) is 9.28. The predicted molar refractivity (Wildman–Crippen MR) is 78.6 cm³/mol. The number of aromatic nitrogens is 2. The molecule has 0 N–H and O–H groups in total. The first-order valence-electron chi connectivity index (χ1n) is 6.96. The summed E-state index contributed by atoms with van der Waals surface area (Å²) in [6.45, 7) is 6.42. The summed E-state index contributed by atoms with van der Waals surface area (Å²) in [6.07, 6.45) is 2.81. The standard InChI is InChI=1S/C15H20N4/c1-3-12-11-14-13(5-4-6-16-14)15(17-12)19-9-7-18(2)8-10-19/h4-6,11H,3,7-10H2,1-2H3. The zero-order valence-electron chi connectivity index (χ0n) is 11.6. The molecule has 1 aliphatic rings. The van der Waals surface area contributed by atoms with E-state index in [-0.39, 0.29) is 0 Å². The highest BCUT2D eigenvalue weighted by molar-refractivity contribution is 5.89. The lowest BCUT2D eigenvalue weighted by atomic mass is 10.2. The van der Waals surface area contributed by atoms with E-state index in [1.165, 1.54) is 5.39 Å². The highest BCUT2D eigenvalue weighted by Crippen LogP contribution is 2.25. The van der Waals surface area contributed by atoms with Crippen molar-refractivity contribution < 1.29 is 0 Å². The number of aryl methyl sites for hydroxylation is 1. The Hall–Kier alpha value is -1.68. The van der Waals surface area contributed by atoms with Gasteiger partial charge in [0.05, 0.1) is 5.52 Å². The Labute approximate surface area is 114 Å². The molecular formula is C15H20N4. The van der Waals surface area contributed by atoms with E-state index in [0.29, 0.717) is 0 Å². The number of anilines is 1. The van der Waals surface area contributed by atoms with Crippen molar-refractivity contribution in [1.29, 1.82) is 0 Å². The number of hydrogen-bond acceptors (Lipinski definition) is 4. The molecule has 4 nitrogen and oxygen atoms in total. The molecular weight excluding hydrogens is 236 g/mol. The summed E-state index contributed by atoms with van der Waals surface area (Å²) >= 11 is 0. The van der Waals surface area contributed by atoms with Crippen LogP contribution in [0.5, 0.6) is 0 Å². The van der Waals surface area contributed by atoms with Crippen LogP contribution in [0.4, 0.5) is 5.82 Å². The molecule has 1 saturated heterocycles. The Bertz CT molecular complexity index is 573. The molecule has 0 atom stereocenters. The average Bonchev–Trinajstić information content (AvgIpc) is 2.47. The van der Waals surface area contributed by atoms with Gasteiger partial charge in [0.25, 0.3) is 0 Å². The van der Waals surface area contributed by atoms with Crippen molar-refractivity contribution in [3.63, 3.8) is 0 Å². The quantitative estimate of drug-likeness (QED) is 0.822. The van der Waals surface area contributed by atoms with E-state index in [0.717, 1.165) is 49.6 Å². The summed E-state index contributed by atoms with van der Waals surface area (Å²) in [5, 5.41) is 1.17. The third-order valence-corrected chi connectivity index (χ3v) is 3.80. The second kappa shape index (κ2) is 5.13. The van der Waals surface area contributed by atoms with Gasteiger partial charge < -0.3 is 9.80 Å². The van der Waals surface area contributed by atoms with Gasteiger partial charge in [-0.2, -0.15) is 0 Å². The fraction of sp³-hybridized carbons (Fsp3) is 0.467. The lowest BCUT2D eigenvalue weighted by Crippen LogP contribution is -2.45. The topological polar surface area (TPSA) is 32.3 Å². The van der Waals surface area contributed by atoms with Gasteiger partial charge in [0.1, 0.15) is 5.82 Å². The molecule has 3 heterocycles. The van der Waals surface area contributed by atoms with Crippen molar-refractivity contribution in [2.45, 2.75) is 13.3 Å². The summed E-state index contributed by atoms with van der Waals surface area (Å²) in [5.41, 5.74) is 2.18. The van der Waals surface area contributed by atoms with Crippen LogP contribution in [0.1, 0.15) is 12.6 Å². The van der Waals surface area contributed by atoms with Gasteiger partial charge in [0, 0.05) is 43.5 Å². The maximum atomic E-state index is 4.84. The maximum Gasteiger partial charge on any atom is 0.138 e. The monoisotopic (exact) mass is 256 g/mol. The van der Waals surface area contributed by atoms with Crippen molar-refractivity contribution in [2.24, 2.45) is 0 Å². The number of pyridine rings is 2. The first-order valence-corrected chi connectivity index (χ1v) is 6.96. The fourth-order valence-electron chi connectivity index (χ4n) is 2.55. The molecule has 3 rings (SSSR count). The summed E-state index contributed by atoms with van der Waals surface area (Å²) in [4.78, 5) is 14.1. The molecule has 2 aromatic heterocycles. The molecule has 0 bridgehead atoms. The Balaban J connectivity index is 2.05. The van der Waals surface area contributed by atoms with Gasteiger partial charge >= 0.3 is 0 Å². The second-order valence-corrected chi connectivity index (χ2v) is 5.15. The van der Waals surface area contributed by atoms with Gasteiger partial charge in [-0.15, -0.1) is 0 Å². The molecule has 0 unspecified atom stereocenters. The van der Waals surface area contributed by atoms with Gasteiger partial charge in [-0.1, -0.05) is 6.92 Å². The number of piperazine rings is 1. The van der Waals surface area contributed by atoms with Crippen LogP contribution >= 0.6 is 0 Å². The molecule has 4 heteroatoms. The van der Waals surface area contributed by atoms with E-state index in [4.69, 9.17) is 4.98 Å². The van der Waals surface area contributed by atoms with Crippen LogP contribution in [-0.4, -0.2) is 48.1 Å². The molecule has 0 radical (unpaired) electrons. The van der Waals surface area contributed by atoms with E-state index < -0.39 is 0 Å². The number of rotatable bonds is 2. The minimum atomic E-state index is 0.952. The Morgan fingerprint density at radius 2 is 2.00 bits per heavy atom. The van der Waals surface area contributed by atoms with Crippen LogP contribution in [0, 0.1) is 0 Å². The number of nitrogens with zero attached hydrogens (tertiary/aromatic N) is 4. The Morgan fingerprint density at radius 3 is 2.74 bits per heavy atom. The molecule has 0 aromatic carbocycles. The molecule has 19 heavy (non-hydrogen) atoms. The fourth-order valence-corrected chi connectivity index (χ4v) is 2.55. The minimum absolute atomic E-state index is 0.952. The van der Waals surface area contributed by atoms with Crippen LogP contribution in [-0.2, 0) is 6.42 Å². The van der Waals surface area contributed by atoms with E-state index in [2.05, 4.69) is 40.9 Å². The van der Waals surface area contributed by atoms with E-state index in [1.807, 2.05) is 12.3 Å². The molecule has 0 aliphatic carbocycles. The molecule has 1 fully saturated rings. The largest absolute Gasteiger partial charge is 0.353 e. The minimum Gasteiger partial charge on any atom is -0.353 e. The smallest absolute Gasteiger partial charge is 0.138 e. The van der Waals surface area contributed by atoms with Crippen molar-refractivity contribution in [1.82, 2.24) is 14.9 Å². The summed E-state index contributed by atoms with van der Waals surface area (Å²) < 4.78 is 0. The Kier molecular flexibility index (Phi) is 3.34. The SMILES string of the molecule is CCc1cc2ncccc2c(N2CCN(C)CC2)n1. The van der Waals surface area contributed by atoms with Crippen molar-refractivity contribution in [3.05, 3.63) is 30.1 Å². The second-order valence-electron chi connectivity index (χ2n) is 5.15. The predicted octanol–water partition coefficient (Wildman–Crippen LogP) is 1.94. The van der Waals surface area contributed by atoms with Gasteiger partial charge in [-0.05, 0) is 31.7 Å². The van der Waals surface area contributed by atoms with Crippen LogP contribution in [0.2, 0.25) is 0 Å². The third kappa shape index (κ3) is 2.40. The molecule has 100 valence electrons. The normalized spacial score (nSPS) is 17.1. The maximum absolute atomic E-state index is 4.84. The highest BCUT2D eigenvalue weighted by atomic mass is 15.3. The Morgan fingerprint density at radius 1 is 1.21 bits per heavy atom. The van der Waals surface area contributed by atoms with Gasteiger partial charge in [-0.25, -0.2) is 4.98 Å². The van der Waals surface area contributed by atoms with Crippen LogP contribution in [0.15, 0.2) is 24.4 Å². The number of likely N-dealkylation sites (N-methyl/N-ethyl adjacent to an activating group) is 1. The molecule has 0 saturated carbocycles. The van der Waals surface area contributed by atoms with Crippen LogP contribution in [0.3, 0.4) is 0 Å². The zero-order valence-corrected chi connectivity index (χ0v) is 11.6. The molecule has 0 amide bonds. The van der Waals surface area contributed by atoms with Gasteiger partial charge in [0.2, 0.25) is 0 Å². The molecule has 1 aliphatic heterocycles. The first kappa shape index (κ1) is 12.4. The van der Waals surface area contributed by atoms with E-state index in [9.17, 15) is 0 Å². The lowest BCUT2D eigenvalue weighted by Gasteiger charge is -2.34. The third-order valence-electron chi connectivity index (χ3n) is 3.80. The number of fused-ring (bicyclic) bond motifs is 1. The van der Waals surface area contributed by atoms with Gasteiger partial charge in [-0.3, -0.25) is 4.98 Å². The zero-order chi connectivity index (χ0) is 13.2. The van der Waals surface area contributed by atoms with Crippen LogP contribution < -0.4 is 4.90 Å². The molecule has 0 spiro atoms. The van der Waals surface area contributed by atoms with Crippen molar-refractivity contribution >= 4 is 16.7 Å². The average molecular weight is 256 g/mol. The van der Waals surface area contributed by atoms with Crippen molar-refractivity contribution in [2.75, 3.05) is 38.1 Å². The van der Waals surface area contributed by atoms with Gasteiger partial charge in [0.15, 0.2) is 0 Å².